The molecule has 0 atom stereocenters. The number of para-hydroxylation sites is 1. The third-order valence-electron chi connectivity index (χ3n) is 4.50. The van der Waals surface area contributed by atoms with Crippen molar-refractivity contribution in [2.45, 2.75) is 6.42 Å². The maximum atomic E-state index is 12.6. The van der Waals surface area contributed by atoms with Crippen LogP contribution in [0.3, 0.4) is 0 Å². The van der Waals surface area contributed by atoms with Crippen LogP contribution in [0.4, 0.5) is 0 Å². The summed E-state index contributed by atoms with van der Waals surface area (Å²) >= 11 is 0. The molecule has 4 rings (SSSR count). The molecular formula is C19H18N4O2. The van der Waals surface area contributed by atoms with Gasteiger partial charge in [0.05, 0.1) is 7.11 Å². The summed E-state index contributed by atoms with van der Waals surface area (Å²) in [7, 11) is 1.52. The first-order valence-corrected chi connectivity index (χ1v) is 8.19. The highest BCUT2D eigenvalue weighted by Crippen LogP contribution is 2.29. The van der Waals surface area contributed by atoms with E-state index in [9.17, 15) is 4.79 Å². The lowest BCUT2D eigenvalue weighted by molar-refractivity contribution is 0.0765. The number of carbonyl (C=O) groups is 1. The second-order valence-electron chi connectivity index (χ2n) is 5.94. The van der Waals surface area contributed by atoms with Gasteiger partial charge in [0.1, 0.15) is 0 Å². The average Bonchev–Trinajstić information content (AvgIpc) is 3.12. The summed E-state index contributed by atoms with van der Waals surface area (Å²) in [5.74, 6) is 0.293. The monoisotopic (exact) mass is 334 g/mol. The number of aromatic amines is 1. The molecule has 3 aromatic rings. The number of hydrogen-bond acceptors (Lipinski definition) is 4. The molecule has 0 spiro atoms. The topological polar surface area (TPSA) is 71.1 Å². The van der Waals surface area contributed by atoms with Crippen LogP contribution >= 0.6 is 0 Å². The van der Waals surface area contributed by atoms with Crippen LogP contribution < -0.4 is 4.74 Å². The van der Waals surface area contributed by atoms with Gasteiger partial charge in [0, 0.05) is 41.8 Å². The van der Waals surface area contributed by atoms with Gasteiger partial charge in [-0.3, -0.25) is 4.79 Å². The third-order valence-corrected chi connectivity index (χ3v) is 4.50. The zero-order valence-electron chi connectivity index (χ0n) is 13.9. The van der Waals surface area contributed by atoms with E-state index in [0.29, 0.717) is 24.7 Å². The number of fused-ring (bicyclic) bond motifs is 1. The van der Waals surface area contributed by atoms with Gasteiger partial charge in [0.25, 0.3) is 5.91 Å². The number of nitrogens with one attached hydrogen (secondary N) is 1. The van der Waals surface area contributed by atoms with Crippen LogP contribution in [0.1, 0.15) is 22.5 Å². The van der Waals surface area contributed by atoms with Crippen LogP contribution in [0.15, 0.2) is 48.7 Å². The van der Waals surface area contributed by atoms with Crippen molar-refractivity contribution >= 4 is 22.4 Å². The Balaban J connectivity index is 1.52. The smallest absolute Gasteiger partial charge is 0.274 e. The minimum atomic E-state index is -0.107. The van der Waals surface area contributed by atoms with Crippen molar-refractivity contribution in [3.05, 3.63) is 59.9 Å². The van der Waals surface area contributed by atoms with Gasteiger partial charge in [-0.15, -0.1) is 10.2 Å². The van der Waals surface area contributed by atoms with Gasteiger partial charge in [0.2, 0.25) is 5.88 Å². The minimum Gasteiger partial charge on any atom is -0.480 e. The predicted molar refractivity (Wildman–Crippen MR) is 95.4 cm³/mol. The molecule has 0 aliphatic carbocycles. The summed E-state index contributed by atoms with van der Waals surface area (Å²) in [4.78, 5) is 17.6. The number of carbonyl (C=O) groups excluding carboxylic acids is 1. The summed E-state index contributed by atoms with van der Waals surface area (Å²) in [6.07, 6.45) is 4.98. The maximum Gasteiger partial charge on any atom is 0.274 e. The van der Waals surface area contributed by atoms with E-state index < -0.39 is 0 Å². The molecule has 0 bridgehead atoms. The first-order chi connectivity index (χ1) is 12.3. The van der Waals surface area contributed by atoms with Gasteiger partial charge in [-0.05, 0) is 24.1 Å². The molecule has 1 N–H and O–H groups in total. The standard InChI is InChI=1S/C19H18N4O2/c1-25-18-7-6-17(21-22-18)19(24)23-10-8-13(9-11-23)15-12-20-16-5-3-2-4-14(15)16/h2-8,12,20H,9-11H2,1H3. The van der Waals surface area contributed by atoms with Crippen molar-refractivity contribution in [1.29, 1.82) is 0 Å². The maximum absolute atomic E-state index is 12.6. The molecule has 1 aliphatic heterocycles. The largest absolute Gasteiger partial charge is 0.480 e. The van der Waals surface area contributed by atoms with Gasteiger partial charge < -0.3 is 14.6 Å². The molecule has 3 heterocycles. The number of rotatable bonds is 3. The lowest BCUT2D eigenvalue weighted by Crippen LogP contribution is -2.35. The van der Waals surface area contributed by atoms with Crippen molar-refractivity contribution in [2.24, 2.45) is 0 Å². The van der Waals surface area contributed by atoms with E-state index in [-0.39, 0.29) is 5.91 Å². The highest BCUT2D eigenvalue weighted by Gasteiger charge is 2.21. The first kappa shape index (κ1) is 15.4. The Morgan fingerprint density at radius 3 is 2.80 bits per heavy atom. The zero-order valence-corrected chi connectivity index (χ0v) is 13.9. The SMILES string of the molecule is COc1ccc(C(=O)N2CC=C(c3c[nH]c4ccccc34)CC2)nn1. The van der Waals surface area contributed by atoms with E-state index in [1.54, 1.807) is 17.0 Å². The number of benzene rings is 1. The van der Waals surface area contributed by atoms with E-state index in [0.717, 1.165) is 11.9 Å². The Morgan fingerprint density at radius 1 is 1.20 bits per heavy atom. The number of hydrogen-bond donors (Lipinski definition) is 1. The Hall–Kier alpha value is -3.15. The first-order valence-electron chi connectivity index (χ1n) is 8.19. The zero-order chi connectivity index (χ0) is 17.2. The van der Waals surface area contributed by atoms with Crippen LogP contribution in [-0.4, -0.2) is 46.2 Å². The summed E-state index contributed by atoms with van der Waals surface area (Å²) in [6.45, 7) is 1.24. The Morgan fingerprint density at radius 2 is 2.08 bits per heavy atom. The van der Waals surface area contributed by atoms with Gasteiger partial charge in [-0.1, -0.05) is 24.3 Å². The highest BCUT2D eigenvalue weighted by molar-refractivity contribution is 5.95. The normalized spacial score (nSPS) is 14.4. The summed E-state index contributed by atoms with van der Waals surface area (Å²) in [6, 6.07) is 11.5. The molecule has 0 unspecified atom stereocenters. The van der Waals surface area contributed by atoms with E-state index >= 15 is 0 Å². The van der Waals surface area contributed by atoms with Crippen LogP contribution in [-0.2, 0) is 0 Å². The molecule has 2 aromatic heterocycles. The van der Waals surface area contributed by atoms with Gasteiger partial charge >= 0.3 is 0 Å². The molecule has 6 nitrogen and oxygen atoms in total. The minimum absolute atomic E-state index is 0.107. The second kappa shape index (κ2) is 6.39. The van der Waals surface area contributed by atoms with Crippen molar-refractivity contribution in [1.82, 2.24) is 20.1 Å². The van der Waals surface area contributed by atoms with Gasteiger partial charge in [-0.2, -0.15) is 0 Å². The lowest BCUT2D eigenvalue weighted by atomic mass is 9.99. The molecular weight excluding hydrogens is 316 g/mol. The Bertz CT molecular complexity index is 943. The Kier molecular flexibility index (Phi) is 3.93. The molecule has 0 fully saturated rings. The molecule has 1 aromatic carbocycles. The fourth-order valence-corrected chi connectivity index (χ4v) is 3.14. The average molecular weight is 334 g/mol. The lowest BCUT2D eigenvalue weighted by Gasteiger charge is -2.26. The number of ether oxygens (including phenoxy) is 1. The molecule has 0 saturated carbocycles. The van der Waals surface area contributed by atoms with E-state index in [4.69, 9.17) is 4.74 Å². The van der Waals surface area contributed by atoms with E-state index in [2.05, 4.69) is 33.4 Å². The van der Waals surface area contributed by atoms with Crippen LogP contribution in [0.25, 0.3) is 16.5 Å². The fraction of sp³-hybridized carbons (Fsp3) is 0.211. The van der Waals surface area contributed by atoms with Gasteiger partial charge in [0.15, 0.2) is 5.69 Å². The van der Waals surface area contributed by atoms with Crippen LogP contribution in [0, 0.1) is 0 Å². The highest BCUT2D eigenvalue weighted by atomic mass is 16.5. The van der Waals surface area contributed by atoms with Crippen molar-refractivity contribution < 1.29 is 9.53 Å². The van der Waals surface area contributed by atoms with E-state index in [1.165, 1.54) is 23.6 Å². The quantitative estimate of drug-likeness (QED) is 0.799. The number of amides is 1. The van der Waals surface area contributed by atoms with Crippen LogP contribution in [0.2, 0.25) is 0 Å². The molecule has 1 amide bonds. The molecule has 0 radical (unpaired) electrons. The van der Waals surface area contributed by atoms with Gasteiger partial charge in [-0.25, -0.2) is 0 Å². The summed E-state index contributed by atoms with van der Waals surface area (Å²) in [5.41, 5.74) is 3.95. The summed E-state index contributed by atoms with van der Waals surface area (Å²) < 4.78 is 4.97. The van der Waals surface area contributed by atoms with Crippen LogP contribution in [0.5, 0.6) is 5.88 Å². The number of H-pyrrole nitrogens is 1. The Labute approximate surface area is 145 Å². The fourth-order valence-electron chi connectivity index (χ4n) is 3.14. The van der Waals surface area contributed by atoms with Crippen molar-refractivity contribution in [3.63, 3.8) is 0 Å². The molecule has 126 valence electrons. The predicted octanol–water partition coefficient (Wildman–Crippen LogP) is 2.90. The molecule has 25 heavy (non-hydrogen) atoms. The number of nitrogens with zero attached hydrogens (tertiary/aromatic N) is 3. The number of methoxy groups -OCH3 is 1. The van der Waals surface area contributed by atoms with E-state index in [1.807, 2.05) is 18.3 Å². The summed E-state index contributed by atoms with van der Waals surface area (Å²) in [5, 5.41) is 9.02. The molecule has 0 saturated heterocycles. The van der Waals surface area contributed by atoms with Crippen molar-refractivity contribution in [2.75, 3.05) is 20.2 Å². The van der Waals surface area contributed by atoms with Crippen molar-refractivity contribution in [3.8, 4) is 5.88 Å². The third kappa shape index (κ3) is 2.87. The number of aromatic nitrogens is 3. The second-order valence-corrected chi connectivity index (χ2v) is 5.94. The molecule has 6 heteroatoms. The molecule has 1 aliphatic rings.